The highest BCUT2D eigenvalue weighted by Gasteiger charge is 2.23. The third-order valence-electron chi connectivity index (χ3n) is 2.70. The molecule has 5 heteroatoms. The molecule has 1 atom stereocenters. The Morgan fingerprint density at radius 3 is 2.47 bits per heavy atom. The van der Waals surface area contributed by atoms with Gasteiger partial charge in [0, 0.05) is 4.90 Å². The topological polar surface area (TPSA) is 66.4 Å². The van der Waals surface area contributed by atoms with Crippen LogP contribution in [0.15, 0.2) is 29.2 Å². The summed E-state index contributed by atoms with van der Waals surface area (Å²) in [4.78, 5) is 23.8. The Morgan fingerprint density at radius 1 is 1.32 bits per heavy atom. The highest BCUT2D eigenvalue weighted by Crippen LogP contribution is 2.21. The minimum Gasteiger partial charge on any atom is -0.480 e. The lowest BCUT2D eigenvalue weighted by Gasteiger charge is -2.17. The molecule has 4 nitrogen and oxygen atoms in total. The lowest BCUT2D eigenvalue weighted by molar-refractivity contribution is -0.142. The van der Waals surface area contributed by atoms with Gasteiger partial charge >= 0.3 is 5.97 Å². The Morgan fingerprint density at radius 2 is 1.95 bits per heavy atom. The third-order valence-corrected chi connectivity index (χ3v) is 3.88. The van der Waals surface area contributed by atoms with Crippen LogP contribution in [0.3, 0.4) is 0 Å². The van der Waals surface area contributed by atoms with Crippen LogP contribution in [0, 0.1) is 12.8 Å². The minimum absolute atomic E-state index is 0.134. The summed E-state index contributed by atoms with van der Waals surface area (Å²) in [7, 11) is 0. The molecule has 0 spiro atoms. The molecule has 0 unspecified atom stereocenters. The van der Waals surface area contributed by atoms with Gasteiger partial charge in [-0.25, -0.2) is 4.79 Å². The number of hydrogen-bond acceptors (Lipinski definition) is 3. The number of thioether (sulfide) groups is 1. The fourth-order valence-corrected chi connectivity index (χ4v) is 2.43. The predicted octanol–water partition coefficient (Wildman–Crippen LogP) is 2.31. The fourth-order valence-electron chi connectivity index (χ4n) is 1.59. The maximum Gasteiger partial charge on any atom is 0.326 e. The molecule has 1 aromatic rings. The van der Waals surface area contributed by atoms with Gasteiger partial charge in [0.2, 0.25) is 5.91 Å². The van der Waals surface area contributed by atoms with E-state index in [1.807, 2.05) is 31.2 Å². The smallest absolute Gasteiger partial charge is 0.326 e. The van der Waals surface area contributed by atoms with Crippen molar-refractivity contribution >= 4 is 23.6 Å². The van der Waals surface area contributed by atoms with Crippen molar-refractivity contribution in [3.05, 3.63) is 29.8 Å². The van der Waals surface area contributed by atoms with Gasteiger partial charge in [0.15, 0.2) is 0 Å². The SMILES string of the molecule is Cc1ccccc1SCC(=O)N[C@H](C(=O)O)C(C)C. The van der Waals surface area contributed by atoms with Crippen molar-refractivity contribution in [1.29, 1.82) is 0 Å². The fraction of sp³-hybridized carbons (Fsp3) is 0.429. The largest absolute Gasteiger partial charge is 0.480 e. The zero-order chi connectivity index (χ0) is 14.4. The van der Waals surface area contributed by atoms with Crippen LogP contribution in [-0.2, 0) is 9.59 Å². The zero-order valence-corrected chi connectivity index (χ0v) is 12.2. The summed E-state index contributed by atoms with van der Waals surface area (Å²) in [5.41, 5.74) is 1.11. The quantitative estimate of drug-likeness (QED) is 0.785. The molecular formula is C14H19NO3S. The number of carbonyl (C=O) groups excluding carboxylic acids is 1. The first-order valence-electron chi connectivity index (χ1n) is 6.12. The van der Waals surface area contributed by atoms with E-state index in [9.17, 15) is 9.59 Å². The Labute approximate surface area is 117 Å². The second-order valence-electron chi connectivity index (χ2n) is 4.68. The van der Waals surface area contributed by atoms with Gasteiger partial charge in [-0.15, -0.1) is 11.8 Å². The molecule has 1 amide bonds. The lowest BCUT2D eigenvalue weighted by atomic mass is 10.1. The van der Waals surface area contributed by atoms with E-state index in [4.69, 9.17) is 5.11 Å². The van der Waals surface area contributed by atoms with Crippen LogP contribution in [0.4, 0.5) is 0 Å². The zero-order valence-electron chi connectivity index (χ0n) is 11.3. The number of hydrogen-bond donors (Lipinski definition) is 2. The molecule has 1 rings (SSSR count). The molecule has 0 bridgehead atoms. The summed E-state index contributed by atoms with van der Waals surface area (Å²) in [6.45, 7) is 5.52. The third kappa shape index (κ3) is 4.95. The van der Waals surface area contributed by atoms with Crippen molar-refractivity contribution in [2.24, 2.45) is 5.92 Å². The van der Waals surface area contributed by atoms with Gasteiger partial charge in [-0.05, 0) is 24.5 Å². The van der Waals surface area contributed by atoms with E-state index >= 15 is 0 Å². The summed E-state index contributed by atoms with van der Waals surface area (Å²) >= 11 is 1.42. The van der Waals surface area contributed by atoms with Crippen molar-refractivity contribution in [2.75, 3.05) is 5.75 Å². The number of carboxylic acid groups (broad SMARTS) is 1. The monoisotopic (exact) mass is 281 g/mol. The molecule has 1 aromatic carbocycles. The van der Waals surface area contributed by atoms with E-state index in [0.29, 0.717) is 0 Å². The summed E-state index contributed by atoms with van der Waals surface area (Å²) in [5, 5.41) is 11.5. The number of rotatable bonds is 6. The predicted molar refractivity (Wildman–Crippen MR) is 76.3 cm³/mol. The van der Waals surface area contributed by atoms with Gasteiger partial charge in [-0.1, -0.05) is 32.0 Å². The molecule has 2 N–H and O–H groups in total. The minimum atomic E-state index is -0.996. The first-order chi connectivity index (χ1) is 8.91. The molecule has 19 heavy (non-hydrogen) atoms. The number of aliphatic carboxylic acids is 1. The van der Waals surface area contributed by atoms with E-state index in [2.05, 4.69) is 5.32 Å². The molecule has 0 aliphatic rings. The van der Waals surface area contributed by atoms with Crippen LogP contribution in [0.25, 0.3) is 0 Å². The van der Waals surface area contributed by atoms with E-state index in [1.54, 1.807) is 13.8 Å². The van der Waals surface area contributed by atoms with Crippen LogP contribution in [-0.4, -0.2) is 28.8 Å². The van der Waals surface area contributed by atoms with Gasteiger partial charge < -0.3 is 10.4 Å². The first-order valence-corrected chi connectivity index (χ1v) is 7.11. The lowest BCUT2D eigenvalue weighted by Crippen LogP contribution is -2.45. The number of carbonyl (C=O) groups is 2. The van der Waals surface area contributed by atoms with Crippen molar-refractivity contribution in [2.45, 2.75) is 31.7 Å². The Hall–Kier alpha value is -1.49. The van der Waals surface area contributed by atoms with Gasteiger partial charge in [-0.3, -0.25) is 4.79 Å². The number of nitrogens with one attached hydrogen (secondary N) is 1. The van der Waals surface area contributed by atoms with Crippen LogP contribution in [0.1, 0.15) is 19.4 Å². The molecule has 0 radical (unpaired) electrons. The number of benzene rings is 1. The van der Waals surface area contributed by atoms with E-state index in [0.717, 1.165) is 10.5 Å². The molecule has 0 saturated heterocycles. The number of carboxylic acids is 1. The average Bonchev–Trinajstić information content (AvgIpc) is 2.34. The van der Waals surface area contributed by atoms with Crippen LogP contribution in [0.2, 0.25) is 0 Å². The van der Waals surface area contributed by atoms with Crippen molar-refractivity contribution in [3.8, 4) is 0 Å². The summed E-state index contributed by atoms with van der Waals surface area (Å²) in [6, 6.07) is 6.96. The van der Waals surface area contributed by atoms with Gasteiger partial charge in [-0.2, -0.15) is 0 Å². The van der Waals surface area contributed by atoms with E-state index < -0.39 is 12.0 Å². The molecule has 0 saturated carbocycles. The van der Waals surface area contributed by atoms with Gasteiger partial charge in [0.25, 0.3) is 0 Å². The molecule has 0 aliphatic heterocycles. The van der Waals surface area contributed by atoms with E-state index in [1.165, 1.54) is 11.8 Å². The highest BCUT2D eigenvalue weighted by molar-refractivity contribution is 8.00. The maximum atomic E-state index is 11.8. The Balaban J connectivity index is 2.52. The molecular weight excluding hydrogens is 262 g/mol. The summed E-state index contributed by atoms with van der Waals surface area (Å²) in [5.74, 6) is -1.16. The molecule has 0 aliphatic carbocycles. The average molecular weight is 281 g/mol. The van der Waals surface area contributed by atoms with Crippen LogP contribution >= 0.6 is 11.8 Å². The Bertz CT molecular complexity index is 460. The molecule has 0 heterocycles. The molecule has 0 fully saturated rings. The Kier molecular flexibility index (Phi) is 5.89. The number of amides is 1. The summed E-state index contributed by atoms with van der Waals surface area (Å²) < 4.78 is 0. The second-order valence-corrected chi connectivity index (χ2v) is 5.70. The molecule has 104 valence electrons. The van der Waals surface area contributed by atoms with Crippen molar-refractivity contribution < 1.29 is 14.7 Å². The van der Waals surface area contributed by atoms with Gasteiger partial charge in [0.05, 0.1) is 5.75 Å². The summed E-state index contributed by atoms with van der Waals surface area (Å²) in [6.07, 6.45) is 0. The number of aryl methyl sites for hydroxylation is 1. The highest BCUT2D eigenvalue weighted by atomic mass is 32.2. The van der Waals surface area contributed by atoms with Crippen LogP contribution < -0.4 is 5.32 Å². The first kappa shape index (κ1) is 15.6. The normalized spacial score (nSPS) is 12.2. The van der Waals surface area contributed by atoms with Crippen LogP contribution in [0.5, 0.6) is 0 Å². The molecule has 0 aromatic heterocycles. The van der Waals surface area contributed by atoms with Gasteiger partial charge in [0.1, 0.15) is 6.04 Å². The second kappa shape index (κ2) is 7.19. The standard InChI is InChI=1S/C14H19NO3S/c1-9(2)13(14(17)18)15-12(16)8-19-11-7-5-4-6-10(11)3/h4-7,9,13H,8H2,1-3H3,(H,15,16)(H,17,18)/t13-/m0/s1. The maximum absolute atomic E-state index is 11.8. The van der Waals surface area contributed by atoms with E-state index in [-0.39, 0.29) is 17.6 Å². The van der Waals surface area contributed by atoms with Crippen molar-refractivity contribution in [3.63, 3.8) is 0 Å². The van der Waals surface area contributed by atoms with Crippen molar-refractivity contribution in [1.82, 2.24) is 5.32 Å².